The van der Waals surface area contributed by atoms with E-state index < -0.39 is 12.0 Å². The molecule has 1 atom stereocenters. The molecule has 0 saturated heterocycles. The van der Waals surface area contributed by atoms with Crippen LogP contribution in [-0.2, 0) is 4.79 Å². The lowest BCUT2D eigenvalue weighted by Crippen LogP contribution is -2.30. The molecule has 1 aliphatic heterocycles. The molecule has 1 aromatic rings. The summed E-state index contributed by atoms with van der Waals surface area (Å²) in [6.45, 7) is 0.682. The van der Waals surface area contributed by atoms with Crippen molar-refractivity contribution in [2.45, 2.75) is 12.5 Å². The van der Waals surface area contributed by atoms with Gasteiger partial charge in [0.05, 0.1) is 7.11 Å². The highest BCUT2D eigenvalue weighted by Gasteiger charge is 2.19. The van der Waals surface area contributed by atoms with Gasteiger partial charge < -0.3 is 20.9 Å². The Kier molecular flexibility index (Phi) is 3.53. The number of fused-ring (bicyclic) bond motifs is 1. The van der Waals surface area contributed by atoms with Gasteiger partial charge in [-0.1, -0.05) is 6.08 Å². The molecule has 5 nitrogen and oxygen atoms in total. The average molecular weight is 248 g/mol. The molecule has 0 spiro atoms. The monoisotopic (exact) mass is 248 g/mol. The lowest BCUT2D eigenvalue weighted by Gasteiger charge is -2.21. The number of carboxylic acids is 1. The van der Waals surface area contributed by atoms with Crippen molar-refractivity contribution in [1.29, 1.82) is 0 Å². The normalized spacial score (nSPS) is 15.1. The second-order valence-corrected chi connectivity index (χ2v) is 4.17. The molecule has 0 saturated carbocycles. The third-order valence-electron chi connectivity index (χ3n) is 2.97. The quantitative estimate of drug-likeness (QED) is 0.748. The topological polar surface area (TPSA) is 84.6 Å². The first-order valence-electron chi connectivity index (χ1n) is 5.71. The van der Waals surface area contributed by atoms with Gasteiger partial charge in [0.2, 0.25) is 0 Å². The number of rotatable bonds is 4. The number of aliphatic carboxylic acids is 1. The van der Waals surface area contributed by atoms with Crippen molar-refractivity contribution < 1.29 is 14.6 Å². The van der Waals surface area contributed by atoms with Gasteiger partial charge in [-0.05, 0) is 30.2 Å². The van der Waals surface area contributed by atoms with Crippen LogP contribution in [0, 0.1) is 0 Å². The molecule has 18 heavy (non-hydrogen) atoms. The molecule has 0 radical (unpaired) electrons. The third kappa shape index (κ3) is 2.46. The summed E-state index contributed by atoms with van der Waals surface area (Å²) < 4.78 is 5.18. The molecular formula is C13H16N2O3. The first kappa shape index (κ1) is 12.4. The van der Waals surface area contributed by atoms with Gasteiger partial charge in [-0.15, -0.1) is 0 Å². The zero-order valence-corrected chi connectivity index (χ0v) is 10.1. The maximum atomic E-state index is 10.8. The molecule has 1 heterocycles. The number of nitrogens with one attached hydrogen (secondary N) is 1. The molecule has 2 rings (SSSR count). The molecule has 1 unspecified atom stereocenters. The van der Waals surface area contributed by atoms with Crippen molar-refractivity contribution in [3.63, 3.8) is 0 Å². The number of hydrogen-bond donors (Lipinski definition) is 3. The number of hydrogen-bond acceptors (Lipinski definition) is 4. The van der Waals surface area contributed by atoms with Gasteiger partial charge in [0.1, 0.15) is 11.8 Å². The summed E-state index contributed by atoms with van der Waals surface area (Å²) in [5.41, 5.74) is 8.46. The Morgan fingerprint density at radius 2 is 2.39 bits per heavy atom. The summed E-state index contributed by atoms with van der Waals surface area (Å²) in [5.74, 6) is -0.244. The largest absolute Gasteiger partial charge is 0.497 e. The summed E-state index contributed by atoms with van der Waals surface area (Å²) in [6.07, 6.45) is 2.28. The maximum absolute atomic E-state index is 10.8. The molecule has 5 heteroatoms. The predicted octanol–water partition coefficient (Wildman–Crippen LogP) is 1.31. The van der Waals surface area contributed by atoms with Crippen molar-refractivity contribution >= 4 is 17.2 Å². The van der Waals surface area contributed by atoms with Crippen LogP contribution in [0.5, 0.6) is 5.75 Å². The van der Waals surface area contributed by atoms with Crippen molar-refractivity contribution in [3.8, 4) is 5.75 Å². The Labute approximate surface area is 105 Å². The van der Waals surface area contributed by atoms with Gasteiger partial charge in [0.25, 0.3) is 0 Å². The van der Waals surface area contributed by atoms with Crippen LogP contribution in [0.3, 0.4) is 0 Å². The van der Waals surface area contributed by atoms with Gasteiger partial charge in [0.15, 0.2) is 0 Å². The Morgan fingerprint density at radius 3 is 3.06 bits per heavy atom. The summed E-state index contributed by atoms with van der Waals surface area (Å²) in [6, 6.07) is 4.80. The summed E-state index contributed by atoms with van der Waals surface area (Å²) >= 11 is 0. The second kappa shape index (κ2) is 5.10. The van der Waals surface area contributed by atoms with Crippen molar-refractivity contribution in [2.75, 3.05) is 19.0 Å². The fourth-order valence-corrected chi connectivity index (χ4v) is 1.98. The molecule has 4 N–H and O–H groups in total. The number of benzene rings is 1. The lowest BCUT2D eigenvalue weighted by atomic mass is 9.94. The number of nitrogens with two attached hydrogens (primary N) is 1. The van der Waals surface area contributed by atoms with E-state index in [0.29, 0.717) is 13.0 Å². The van der Waals surface area contributed by atoms with Crippen LogP contribution in [0.2, 0.25) is 0 Å². The Hall–Kier alpha value is -2.01. The van der Waals surface area contributed by atoms with Gasteiger partial charge in [0, 0.05) is 17.8 Å². The minimum absolute atomic E-state index is 0.317. The van der Waals surface area contributed by atoms with Gasteiger partial charge in [-0.2, -0.15) is 0 Å². The van der Waals surface area contributed by atoms with Crippen molar-refractivity contribution in [1.82, 2.24) is 0 Å². The smallest absolute Gasteiger partial charge is 0.320 e. The number of anilines is 1. The van der Waals surface area contributed by atoms with E-state index in [1.807, 2.05) is 24.3 Å². The van der Waals surface area contributed by atoms with Crippen molar-refractivity contribution in [3.05, 3.63) is 29.8 Å². The molecule has 0 fully saturated rings. The number of methoxy groups -OCH3 is 1. The zero-order valence-electron chi connectivity index (χ0n) is 10.1. The first-order chi connectivity index (χ1) is 8.61. The van der Waals surface area contributed by atoms with E-state index in [1.165, 1.54) is 0 Å². The predicted molar refractivity (Wildman–Crippen MR) is 69.7 cm³/mol. The number of carboxylic acid groups (broad SMARTS) is 1. The minimum Gasteiger partial charge on any atom is -0.497 e. The Bertz CT molecular complexity index is 497. The van der Waals surface area contributed by atoms with E-state index >= 15 is 0 Å². The van der Waals surface area contributed by atoms with Crippen LogP contribution < -0.4 is 15.8 Å². The van der Waals surface area contributed by atoms with Crippen molar-refractivity contribution in [2.24, 2.45) is 5.73 Å². The maximum Gasteiger partial charge on any atom is 0.320 e. The highest BCUT2D eigenvalue weighted by molar-refractivity contribution is 5.84. The molecule has 1 aromatic carbocycles. The minimum atomic E-state index is -0.987. The molecule has 0 amide bonds. The SMILES string of the molecule is COc1ccc2c(c1)C(CC(N)C(=O)O)=CCN2. The first-order valence-corrected chi connectivity index (χ1v) is 5.71. The summed E-state index contributed by atoms with van der Waals surface area (Å²) in [7, 11) is 1.60. The van der Waals surface area contributed by atoms with E-state index in [1.54, 1.807) is 7.11 Å². The lowest BCUT2D eigenvalue weighted by molar-refractivity contribution is -0.138. The van der Waals surface area contributed by atoms with E-state index in [0.717, 1.165) is 22.6 Å². The second-order valence-electron chi connectivity index (χ2n) is 4.17. The fraction of sp³-hybridized carbons (Fsp3) is 0.308. The summed E-state index contributed by atoms with van der Waals surface area (Å²) in [4.78, 5) is 10.8. The zero-order chi connectivity index (χ0) is 13.1. The molecule has 1 aliphatic rings. The van der Waals surface area contributed by atoms with E-state index in [4.69, 9.17) is 15.6 Å². The van der Waals surface area contributed by atoms with E-state index in [9.17, 15) is 4.79 Å². The highest BCUT2D eigenvalue weighted by Crippen LogP contribution is 2.33. The van der Waals surface area contributed by atoms with Gasteiger partial charge in [-0.25, -0.2) is 0 Å². The van der Waals surface area contributed by atoms with E-state index in [2.05, 4.69) is 5.32 Å². The molecule has 0 aliphatic carbocycles. The summed E-state index contributed by atoms with van der Waals surface area (Å²) in [5, 5.41) is 12.1. The number of ether oxygens (including phenoxy) is 1. The molecule has 0 aromatic heterocycles. The van der Waals surface area contributed by atoms with Crippen LogP contribution in [0.25, 0.3) is 5.57 Å². The standard InChI is InChI=1S/C13H16N2O3/c1-18-9-2-3-12-10(7-9)8(4-5-15-12)6-11(14)13(16)17/h2-4,7,11,15H,5-6,14H2,1H3,(H,16,17). The highest BCUT2D eigenvalue weighted by atomic mass is 16.5. The molecular weight excluding hydrogens is 232 g/mol. The van der Waals surface area contributed by atoms with E-state index in [-0.39, 0.29) is 0 Å². The Morgan fingerprint density at radius 1 is 1.61 bits per heavy atom. The molecule has 0 bridgehead atoms. The average Bonchev–Trinajstić information content (AvgIpc) is 2.38. The fourth-order valence-electron chi connectivity index (χ4n) is 1.98. The van der Waals surface area contributed by atoms with Crippen LogP contribution >= 0.6 is 0 Å². The van der Waals surface area contributed by atoms with Crippen LogP contribution in [0.1, 0.15) is 12.0 Å². The molecule has 96 valence electrons. The van der Waals surface area contributed by atoms with Crippen LogP contribution in [-0.4, -0.2) is 30.8 Å². The number of carbonyl (C=O) groups is 1. The van der Waals surface area contributed by atoms with Crippen LogP contribution in [0.4, 0.5) is 5.69 Å². The van der Waals surface area contributed by atoms with Gasteiger partial charge in [-0.3, -0.25) is 4.79 Å². The Balaban J connectivity index is 2.29. The van der Waals surface area contributed by atoms with Gasteiger partial charge >= 0.3 is 5.97 Å². The van der Waals surface area contributed by atoms with Crippen LogP contribution in [0.15, 0.2) is 24.3 Å². The third-order valence-corrected chi connectivity index (χ3v) is 2.97.